The molecule has 1 fully saturated rings. The molecule has 6 heteroatoms. The van der Waals surface area contributed by atoms with Gasteiger partial charge in [0.05, 0.1) is 14.1 Å². The van der Waals surface area contributed by atoms with Crippen LogP contribution in [0.15, 0.2) is 73.3 Å². The summed E-state index contributed by atoms with van der Waals surface area (Å²) in [5.41, 5.74) is -0.320. The van der Waals surface area contributed by atoms with Crippen LogP contribution in [-0.4, -0.2) is 42.6 Å². The lowest BCUT2D eigenvalue weighted by atomic mass is 9.65. The zero-order valence-electron chi connectivity index (χ0n) is 15.0. The summed E-state index contributed by atoms with van der Waals surface area (Å²) in [6.45, 7) is 0.552. The van der Waals surface area contributed by atoms with Gasteiger partial charge in [0, 0.05) is 12.0 Å². The van der Waals surface area contributed by atoms with Crippen molar-refractivity contribution in [1.82, 2.24) is 4.90 Å². The number of halogens is 1. The standard InChI is InChI=1S/C20H22BFN2O2/c1-4-15-20(17-11-7-5-8-12-17)19(25)26-21(22,24(20)16-23(2)3)18-13-9-6-10-14-18/h4-14,16H,1,15H2,2-3H3/b24-16-/t20-,21?/m1/s1. The number of benzene rings is 2. The molecule has 0 spiro atoms. The fraction of sp³-hybridized carbons (Fsp3) is 0.200. The summed E-state index contributed by atoms with van der Waals surface area (Å²) in [5.74, 6) is -0.618. The topological polar surface area (TPSA) is 32.6 Å². The number of hydrogen-bond donors (Lipinski definition) is 0. The highest BCUT2D eigenvalue weighted by Crippen LogP contribution is 2.41. The van der Waals surface area contributed by atoms with E-state index in [9.17, 15) is 4.79 Å². The summed E-state index contributed by atoms with van der Waals surface area (Å²) in [6, 6.07) is 17.7. The molecular weight excluding hydrogens is 330 g/mol. The Hall–Kier alpha value is -2.89. The second kappa shape index (κ2) is 6.79. The van der Waals surface area contributed by atoms with Crippen molar-refractivity contribution in [2.45, 2.75) is 12.0 Å². The number of carbonyl (C=O) groups is 1. The van der Waals surface area contributed by atoms with Gasteiger partial charge in [-0.25, -0.2) is 0 Å². The van der Waals surface area contributed by atoms with Gasteiger partial charge in [-0.15, -0.1) is 6.58 Å². The van der Waals surface area contributed by atoms with Crippen LogP contribution in [0, 0.1) is 0 Å². The van der Waals surface area contributed by atoms with E-state index in [0.717, 1.165) is 0 Å². The summed E-state index contributed by atoms with van der Waals surface area (Å²) in [7, 11) is 3.57. The van der Waals surface area contributed by atoms with E-state index in [1.54, 1.807) is 61.7 Å². The van der Waals surface area contributed by atoms with Gasteiger partial charge in [0.15, 0.2) is 11.9 Å². The first-order valence-electron chi connectivity index (χ1n) is 8.53. The van der Waals surface area contributed by atoms with Crippen molar-refractivity contribution in [2.24, 2.45) is 0 Å². The van der Waals surface area contributed by atoms with Crippen molar-refractivity contribution in [2.75, 3.05) is 14.1 Å². The van der Waals surface area contributed by atoms with E-state index in [2.05, 4.69) is 6.58 Å². The number of hydrogen-bond acceptors (Lipinski definition) is 2. The van der Waals surface area contributed by atoms with Crippen LogP contribution in [0.25, 0.3) is 0 Å². The molecule has 0 bridgehead atoms. The highest BCUT2D eigenvalue weighted by molar-refractivity contribution is 6.76. The van der Waals surface area contributed by atoms with Gasteiger partial charge in [0.2, 0.25) is 0 Å². The summed E-state index contributed by atoms with van der Waals surface area (Å²) < 4.78 is 23.1. The first kappa shape index (κ1) is 17.9. The van der Waals surface area contributed by atoms with Gasteiger partial charge < -0.3 is 13.5 Å². The highest BCUT2D eigenvalue weighted by atomic mass is 19.1. The van der Waals surface area contributed by atoms with Crippen molar-refractivity contribution in [3.05, 3.63) is 78.9 Å². The zero-order valence-corrected chi connectivity index (χ0v) is 15.0. The average Bonchev–Trinajstić information content (AvgIpc) is 2.86. The Morgan fingerprint density at radius 2 is 1.73 bits per heavy atom. The molecule has 1 heterocycles. The first-order valence-corrected chi connectivity index (χ1v) is 8.53. The molecular formula is C20H22BFN2O2. The van der Waals surface area contributed by atoms with Crippen LogP contribution >= 0.6 is 0 Å². The van der Waals surface area contributed by atoms with E-state index >= 15 is 4.32 Å². The molecule has 2 aromatic rings. The quantitative estimate of drug-likeness (QED) is 0.471. The Kier molecular flexibility index (Phi) is 4.68. The van der Waals surface area contributed by atoms with Crippen molar-refractivity contribution in [3.8, 4) is 0 Å². The number of rotatable bonds is 5. The molecule has 2 atom stereocenters. The third kappa shape index (κ3) is 2.71. The predicted octanol–water partition coefficient (Wildman–Crippen LogP) is 2.43. The lowest BCUT2D eigenvalue weighted by molar-refractivity contribution is -0.487. The molecule has 0 amide bonds. The van der Waals surface area contributed by atoms with Crippen LogP contribution in [0.4, 0.5) is 4.32 Å². The summed E-state index contributed by atoms with van der Waals surface area (Å²) in [5, 5.41) is 0. The maximum atomic E-state index is 16.3. The SMILES string of the molecule is C=CC[C@@]1(c2ccccc2)C(=O)O[B-](F)(c2ccccc2)/[N+]1=C\N(C)C. The lowest BCUT2D eigenvalue weighted by Crippen LogP contribution is -2.57. The number of nitrogens with zero attached hydrogens (tertiary/aromatic N) is 2. The van der Waals surface area contributed by atoms with E-state index in [0.29, 0.717) is 11.0 Å². The molecule has 2 aromatic carbocycles. The summed E-state index contributed by atoms with van der Waals surface area (Å²) >= 11 is 0. The van der Waals surface area contributed by atoms with Gasteiger partial charge in [-0.2, -0.15) is 0 Å². The van der Waals surface area contributed by atoms with Gasteiger partial charge in [-0.3, -0.25) is 9.69 Å². The van der Waals surface area contributed by atoms with Crippen LogP contribution in [0.1, 0.15) is 12.0 Å². The molecule has 1 aliphatic heterocycles. The molecule has 4 nitrogen and oxygen atoms in total. The smallest absolute Gasteiger partial charge is 0.568 e. The van der Waals surface area contributed by atoms with Crippen LogP contribution in [0.2, 0.25) is 0 Å². The normalized spacial score (nSPS) is 26.6. The average molecular weight is 352 g/mol. The Labute approximate surface area is 153 Å². The second-order valence-electron chi connectivity index (χ2n) is 6.67. The zero-order chi connectivity index (χ0) is 18.8. The Morgan fingerprint density at radius 1 is 1.15 bits per heavy atom. The molecule has 1 unspecified atom stereocenters. The minimum atomic E-state index is -3.23. The monoisotopic (exact) mass is 352 g/mol. The molecule has 1 aliphatic rings. The van der Waals surface area contributed by atoms with Gasteiger partial charge in [-0.1, -0.05) is 72.2 Å². The van der Waals surface area contributed by atoms with Crippen LogP contribution in [0.3, 0.4) is 0 Å². The fourth-order valence-electron chi connectivity index (χ4n) is 3.53. The maximum absolute atomic E-state index is 16.3. The Balaban J connectivity index is 2.30. The van der Waals surface area contributed by atoms with Crippen molar-refractivity contribution >= 4 is 24.5 Å². The van der Waals surface area contributed by atoms with Gasteiger partial charge in [0.1, 0.15) is 0 Å². The largest absolute Gasteiger partial charge is 0.619 e. The first-order chi connectivity index (χ1) is 12.4. The van der Waals surface area contributed by atoms with Gasteiger partial charge in [0.25, 0.3) is 0 Å². The minimum absolute atomic E-state index is 0.223. The second-order valence-corrected chi connectivity index (χ2v) is 6.67. The molecule has 3 rings (SSSR count). The van der Waals surface area contributed by atoms with E-state index < -0.39 is 18.3 Å². The van der Waals surface area contributed by atoms with Gasteiger partial charge in [-0.05, 0) is 0 Å². The maximum Gasteiger partial charge on any atom is 0.568 e. The van der Waals surface area contributed by atoms with E-state index in [1.807, 2.05) is 30.3 Å². The third-order valence-electron chi connectivity index (χ3n) is 4.66. The molecule has 0 aliphatic carbocycles. The molecule has 0 N–H and O–H groups in total. The van der Waals surface area contributed by atoms with E-state index in [4.69, 9.17) is 4.65 Å². The van der Waals surface area contributed by atoms with Crippen LogP contribution in [-0.2, 0) is 15.0 Å². The van der Waals surface area contributed by atoms with Crippen LogP contribution in [0.5, 0.6) is 0 Å². The molecule has 0 saturated carbocycles. The fourth-order valence-corrected chi connectivity index (χ4v) is 3.53. The molecule has 0 radical (unpaired) electrons. The number of carbonyl (C=O) groups excluding carboxylic acids is 1. The van der Waals surface area contributed by atoms with E-state index in [1.165, 1.54) is 4.49 Å². The van der Waals surface area contributed by atoms with Crippen molar-refractivity contribution < 1.29 is 18.3 Å². The highest BCUT2D eigenvalue weighted by Gasteiger charge is 2.62. The van der Waals surface area contributed by atoms with Gasteiger partial charge >= 0.3 is 12.7 Å². The van der Waals surface area contributed by atoms with E-state index in [-0.39, 0.29) is 6.42 Å². The Bertz CT molecular complexity index is 841. The summed E-state index contributed by atoms with van der Waals surface area (Å²) in [6.07, 6.45) is 3.44. The molecule has 1 saturated heterocycles. The minimum Gasteiger partial charge on any atom is -0.619 e. The molecule has 134 valence electrons. The van der Waals surface area contributed by atoms with Crippen LogP contribution < -0.4 is 5.46 Å². The van der Waals surface area contributed by atoms with Crippen molar-refractivity contribution in [1.29, 1.82) is 0 Å². The third-order valence-corrected chi connectivity index (χ3v) is 4.66. The van der Waals surface area contributed by atoms with Crippen molar-refractivity contribution in [3.63, 3.8) is 0 Å². The Morgan fingerprint density at radius 3 is 2.27 bits per heavy atom. The summed E-state index contributed by atoms with van der Waals surface area (Å²) in [4.78, 5) is 14.8. The predicted molar refractivity (Wildman–Crippen MR) is 102 cm³/mol. The molecule has 0 aromatic heterocycles. The lowest BCUT2D eigenvalue weighted by Gasteiger charge is -2.33. The molecule has 26 heavy (non-hydrogen) atoms.